The zero-order chi connectivity index (χ0) is 17.4. The third-order valence-corrected chi connectivity index (χ3v) is 4.22. The number of nitrogens with one attached hydrogen (secondary N) is 1. The highest BCUT2D eigenvalue weighted by Gasteiger charge is 2.28. The number of amides is 1. The van der Waals surface area contributed by atoms with E-state index in [4.69, 9.17) is 5.11 Å². The minimum atomic E-state index is -1.17. The van der Waals surface area contributed by atoms with Gasteiger partial charge in [-0.2, -0.15) is 0 Å². The highest BCUT2D eigenvalue weighted by Crippen LogP contribution is 2.25. The molecular weight excluding hydrogens is 356 g/mol. The van der Waals surface area contributed by atoms with Gasteiger partial charge in [0.1, 0.15) is 12.2 Å². The maximum atomic E-state index is 13.6. The van der Waals surface area contributed by atoms with Crippen LogP contribution in [0.2, 0.25) is 0 Å². The number of carbonyl (C=O) groups is 2. The number of piperazine rings is 1. The van der Waals surface area contributed by atoms with E-state index in [1.165, 1.54) is 10.6 Å². The first-order valence-corrected chi connectivity index (χ1v) is 7.60. The number of fused-ring (bicyclic) bond motifs is 1. The van der Waals surface area contributed by atoms with Gasteiger partial charge in [0.05, 0.1) is 5.52 Å². The number of aromatic nitrogens is 1. The van der Waals surface area contributed by atoms with Gasteiger partial charge in [-0.25, -0.2) is 8.78 Å². The summed E-state index contributed by atoms with van der Waals surface area (Å²) in [6, 6.07) is 3.25. The van der Waals surface area contributed by atoms with Crippen molar-refractivity contribution in [2.45, 2.75) is 19.5 Å². The predicted molar refractivity (Wildman–Crippen MR) is 90.1 cm³/mol. The normalized spacial score (nSPS) is 17.4. The van der Waals surface area contributed by atoms with Crippen LogP contribution in [0.15, 0.2) is 18.2 Å². The molecule has 1 aromatic heterocycles. The number of nitrogens with zero attached hydrogens (tertiary/aromatic N) is 2. The summed E-state index contributed by atoms with van der Waals surface area (Å²) in [7, 11) is 0. The number of halogens is 3. The smallest absolute Gasteiger partial charge is 0.323 e. The number of hydrogen-bond donors (Lipinski definition) is 2. The first-order valence-electron chi connectivity index (χ1n) is 7.60. The predicted octanol–water partition coefficient (Wildman–Crippen LogP) is 1.86. The Morgan fingerprint density at radius 2 is 1.96 bits per heavy atom. The van der Waals surface area contributed by atoms with Crippen LogP contribution in [-0.2, 0) is 11.3 Å². The Kier molecular flexibility index (Phi) is 5.64. The van der Waals surface area contributed by atoms with Crippen molar-refractivity contribution in [1.29, 1.82) is 0 Å². The first kappa shape index (κ1) is 19.1. The van der Waals surface area contributed by atoms with E-state index in [9.17, 15) is 18.4 Å². The fourth-order valence-corrected chi connectivity index (χ4v) is 3.03. The summed E-state index contributed by atoms with van der Waals surface area (Å²) in [5.74, 6) is -3.63. The molecule has 1 aromatic carbocycles. The van der Waals surface area contributed by atoms with Crippen molar-refractivity contribution in [1.82, 2.24) is 14.8 Å². The SMILES string of the molecule is C[C@H]1CNCCN1C(=O)c1cc2cc(F)c(F)cc2n1CC(=O)O.Cl. The Morgan fingerprint density at radius 3 is 2.60 bits per heavy atom. The molecule has 1 fully saturated rings. The lowest BCUT2D eigenvalue weighted by molar-refractivity contribution is -0.137. The van der Waals surface area contributed by atoms with Crippen LogP contribution in [0.3, 0.4) is 0 Å². The van der Waals surface area contributed by atoms with Crippen molar-refractivity contribution < 1.29 is 23.5 Å². The average molecular weight is 374 g/mol. The van der Waals surface area contributed by atoms with Gasteiger partial charge in [-0.05, 0) is 19.1 Å². The van der Waals surface area contributed by atoms with Crippen LogP contribution < -0.4 is 5.32 Å². The highest BCUT2D eigenvalue weighted by molar-refractivity contribution is 5.99. The number of benzene rings is 1. The largest absolute Gasteiger partial charge is 0.480 e. The van der Waals surface area contributed by atoms with Crippen LogP contribution in [0.5, 0.6) is 0 Å². The molecular formula is C16H18ClF2N3O3. The van der Waals surface area contributed by atoms with Crippen LogP contribution in [0.25, 0.3) is 10.9 Å². The van der Waals surface area contributed by atoms with Crippen molar-refractivity contribution >= 4 is 35.2 Å². The third-order valence-electron chi connectivity index (χ3n) is 4.22. The van der Waals surface area contributed by atoms with E-state index in [0.29, 0.717) is 25.0 Å². The first-order chi connectivity index (χ1) is 11.4. The van der Waals surface area contributed by atoms with E-state index in [1.807, 2.05) is 6.92 Å². The lowest BCUT2D eigenvalue weighted by atomic mass is 10.2. The molecule has 0 unspecified atom stereocenters. The summed E-state index contributed by atoms with van der Waals surface area (Å²) < 4.78 is 28.2. The van der Waals surface area contributed by atoms with Gasteiger partial charge in [0.2, 0.25) is 0 Å². The Balaban J connectivity index is 0.00000225. The zero-order valence-electron chi connectivity index (χ0n) is 13.5. The Bertz CT molecular complexity index is 825. The van der Waals surface area contributed by atoms with Crippen molar-refractivity contribution in [3.63, 3.8) is 0 Å². The second-order valence-electron chi connectivity index (χ2n) is 5.89. The van der Waals surface area contributed by atoms with Gasteiger partial charge >= 0.3 is 5.97 Å². The topological polar surface area (TPSA) is 74.6 Å². The number of hydrogen-bond acceptors (Lipinski definition) is 3. The molecule has 2 heterocycles. The van der Waals surface area contributed by atoms with E-state index in [1.54, 1.807) is 4.90 Å². The molecule has 1 amide bonds. The summed E-state index contributed by atoms with van der Waals surface area (Å²) in [5.41, 5.74) is 0.300. The van der Waals surface area contributed by atoms with Gasteiger partial charge in [-0.3, -0.25) is 9.59 Å². The quantitative estimate of drug-likeness (QED) is 0.861. The van der Waals surface area contributed by atoms with Gasteiger partial charge in [0.25, 0.3) is 5.91 Å². The summed E-state index contributed by atoms with van der Waals surface area (Å²) in [6.45, 7) is 3.13. The molecule has 2 aromatic rings. The molecule has 1 aliphatic heterocycles. The summed E-state index contributed by atoms with van der Waals surface area (Å²) in [4.78, 5) is 25.6. The summed E-state index contributed by atoms with van der Waals surface area (Å²) >= 11 is 0. The van der Waals surface area contributed by atoms with Crippen LogP contribution in [-0.4, -0.2) is 52.1 Å². The molecule has 2 N–H and O–H groups in total. The Morgan fingerprint density at radius 1 is 1.28 bits per heavy atom. The molecule has 0 radical (unpaired) electrons. The van der Waals surface area contributed by atoms with Gasteiger partial charge < -0.3 is 19.9 Å². The summed E-state index contributed by atoms with van der Waals surface area (Å²) in [6.07, 6.45) is 0. The van der Waals surface area contributed by atoms with E-state index in [-0.39, 0.29) is 35.6 Å². The molecule has 0 aliphatic carbocycles. The van der Waals surface area contributed by atoms with Gasteiger partial charge in [0, 0.05) is 37.1 Å². The Labute approximate surface area is 148 Å². The van der Waals surface area contributed by atoms with Crippen LogP contribution in [0, 0.1) is 11.6 Å². The lowest BCUT2D eigenvalue weighted by Crippen LogP contribution is -2.52. The van der Waals surface area contributed by atoms with Crippen molar-refractivity contribution in [3.05, 3.63) is 35.5 Å². The van der Waals surface area contributed by atoms with Gasteiger partial charge in [-0.15, -0.1) is 12.4 Å². The van der Waals surface area contributed by atoms with Gasteiger partial charge in [0.15, 0.2) is 11.6 Å². The molecule has 0 spiro atoms. The van der Waals surface area contributed by atoms with Gasteiger partial charge in [-0.1, -0.05) is 0 Å². The molecule has 6 nitrogen and oxygen atoms in total. The van der Waals surface area contributed by atoms with Crippen LogP contribution in [0.4, 0.5) is 8.78 Å². The molecule has 0 bridgehead atoms. The third kappa shape index (κ3) is 3.59. The number of carboxylic acid groups (broad SMARTS) is 1. The summed E-state index contributed by atoms with van der Waals surface area (Å²) in [5, 5.41) is 12.6. The molecule has 25 heavy (non-hydrogen) atoms. The zero-order valence-corrected chi connectivity index (χ0v) is 14.3. The van der Waals surface area contributed by atoms with E-state index in [0.717, 1.165) is 12.1 Å². The number of carbonyl (C=O) groups excluding carboxylic acids is 1. The highest BCUT2D eigenvalue weighted by atomic mass is 35.5. The minimum absolute atomic E-state index is 0. The second kappa shape index (κ2) is 7.37. The lowest BCUT2D eigenvalue weighted by Gasteiger charge is -2.34. The minimum Gasteiger partial charge on any atom is -0.480 e. The fraction of sp³-hybridized carbons (Fsp3) is 0.375. The standard InChI is InChI=1S/C16H17F2N3O3.ClH/c1-9-7-19-2-3-20(9)16(24)14-5-10-4-11(17)12(18)6-13(10)21(14)8-15(22)23;/h4-6,9,19H,2-3,7-8H2,1H3,(H,22,23);1H/t9-;/m0./s1. The average Bonchev–Trinajstić information content (AvgIpc) is 2.85. The van der Waals surface area contributed by atoms with E-state index in [2.05, 4.69) is 5.32 Å². The second-order valence-corrected chi connectivity index (χ2v) is 5.89. The number of aliphatic carboxylic acids is 1. The van der Waals surface area contributed by atoms with Crippen LogP contribution in [0.1, 0.15) is 17.4 Å². The molecule has 136 valence electrons. The molecule has 1 aliphatic rings. The number of rotatable bonds is 3. The monoisotopic (exact) mass is 373 g/mol. The maximum absolute atomic E-state index is 13.6. The maximum Gasteiger partial charge on any atom is 0.323 e. The fourth-order valence-electron chi connectivity index (χ4n) is 3.03. The Hall–Kier alpha value is -2.19. The van der Waals surface area contributed by atoms with Crippen molar-refractivity contribution in [2.24, 2.45) is 0 Å². The van der Waals surface area contributed by atoms with Crippen LogP contribution >= 0.6 is 12.4 Å². The van der Waals surface area contributed by atoms with E-state index < -0.39 is 24.1 Å². The van der Waals surface area contributed by atoms with Crippen molar-refractivity contribution in [3.8, 4) is 0 Å². The molecule has 0 saturated carbocycles. The molecule has 3 rings (SSSR count). The molecule has 1 saturated heterocycles. The van der Waals surface area contributed by atoms with E-state index >= 15 is 0 Å². The molecule has 9 heteroatoms. The molecule has 1 atom stereocenters. The number of carboxylic acids is 1. The van der Waals surface area contributed by atoms with Crippen molar-refractivity contribution in [2.75, 3.05) is 19.6 Å².